The predicted molar refractivity (Wildman–Crippen MR) is 509 cm³/mol. The van der Waals surface area contributed by atoms with Crippen LogP contribution in [0.25, 0.3) is 43.1 Å². The molecule has 12 nitrogen and oxygen atoms in total. The van der Waals surface area contributed by atoms with Gasteiger partial charge in [-0.2, -0.15) is 0 Å². The van der Waals surface area contributed by atoms with Gasteiger partial charge in [-0.3, -0.25) is 19.2 Å². The lowest BCUT2D eigenvalue weighted by molar-refractivity contribution is -0.144. The minimum atomic E-state index is -0.111. The number of benzene rings is 12. The molecule has 12 heteroatoms. The van der Waals surface area contributed by atoms with Gasteiger partial charge in [0.15, 0.2) is 0 Å². The molecule has 0 heterocycles. The van der Waals surface area contributed by atoms with E-state index in [1.165, 1.54) is 161 Å². The summed E-state index contributed by atoms with van der Waals surface area (Å²) in [6.07, 6.45) is 19.1. The Morgan fingerprint density at radius 3 is 0.685 bits per heavy atom. The first-order valence-corrected chi connectivity index (χ1v) is 46.5. The van der Waals surface area contributed by atoms with Crippen LogP contribution in [0, 0.1) is 0 Å². The van der Waals surface area contributed by atoms with Gasteiger partial charge in [0.05, 0.1) is 26.4 Å². The molecule has 0 aliphatic heterocycles. The van der Waals surface area contributed by atoms with E-state index in [1.807, 2.05) is 27.7 Å². The van der Waals surface area contributed by atoms with E-state index >= 15 is 0 Å². The number of carbonyl (C=O) groups excluding carboxylic acids is 4. The number of hydrogen-bond acceptors (Lipinski definition) is 12. The monoisotopic (exact) mass is 1660 g/mol. The molecular formula is C112H132N4O8. The molecule has 12 aromatic rings. The molecule has 0 saturated heterocycles. The van der Waals surface area contributed by atoms with Gasteiger partial charge in [-0.05, 0) is 292 Å². The number of hydrogen-bond donors (Lipinski definition) is 4. The maximum absolute atomic E-state index is 11.7. The molecular weight excluding hydrogens is 1530 g/mol. The zero-order valence-corrected chi connectivity index (χ0v) is 74.6. The number of rotatable bonds is 32. The largest absolute Gasteiger partial charge is 0.466 e. The molecule has 0 unspecified atom stereocenters. The van der Waals surface area contributed by atoms with Crippen LogP contribution in [-0.4, -0.2) is 74.5 Å². The van der Waals surface area contributed by atoms with Crippen LogP contribution in [0.5, 0.6) is 0 Å². The van der Waals surface area contributed by atoms with E-state index in [0.29, 0.717) is 124 Å². The summed E-state index contributed by atoms with van der Waals surface area (Å²) < 4.78 is 20.2. The lowest BCUT2D eigenvalue weighted by atomic mass is 9.94. The van der Waals surface area contributed by atoms with E-state index in [2.05, 4.69) is 316 Å². The molecule has 648 valence electrons. The molecule has 12 atom stereocenters. The lowest BCUT2D eigenvalue weighted by Gasteiger charge is -2.22. The Kier molecular flexibility index (Phi) is 34.1. The van der Waals surface area contributed by atoms with Crippen molar-refractivity contribution in [3.63, 3.8) is 0 Å². The minimum absolute atomic E-state index is 0.111. The summed E-state index contributed by atoms with van der Waals surface area (Å²) in [7, 11) is 0. The van der Waals surface area contributed by atoms with Gasteiger partial charge >= 0.3 is 23.9 Å². The molecule has 16 rings (SSSR count). The Morgan fingerprint density at radius 1 is 0.266 bits per heavy atom. The highest BCUT2D eigenvalue weighted by Crippen LogP contribution is 2.42. The molecule has 0 amide bonds. The molecule has 0 bridgehead atoms. The van der Waals surface area contributed by atoms with Gasteiger partial charge in [0.1, 0.15) is 0 Å². The van der Waals surface area contributed by atoms with Crippen LogP contribution in [0.1, 0.15) is 273 Å². The van der Waals surface area contributed by atoms with E-state index in [9.17, 15) is 19.2 Å². The van der Waals surface area contributed by atoms with Crippen molar-refractivity contribution in [1.29, 1.82) is 0 Å². The Bertz CT molecular complexity index is 4760. The Labute approximate surface area is 737 Å². The van der Waals surface area contributed by atoms with Crippen LogP contribution in [0.2, 0.25) is 0 Å². The van der Waals surface area contributed by atoms with Gasteiger partial charge in [0.2, 0.25) is 0 Å². The topological polar surface area (TPSA) is 153 Å². The van der Waals surface area contributed by atoms with E-state index in [1.54, 1.807) is 0 Å². The number of ether oxygens (including phenoxy) is 4. The standard InChI is InChI=1S/4C28H33NO2/c4*1-3-31-28(30)17-14-21-8-6-11-23(18-21)24-15-16-25(19-24)29-20(2)26-13-7-10-22-9-4-5-12-27(22)26/h4*4-13,18,20,24-25,29H,3,14-17,19H2,1-2H3/t20-,24+,25+;20-,24+,25-;20-,24-,25+;20-,24-,25-/m1111/s1. The smallest absolute Gasteiger partial charge is 0.306 e. The van der Waals surface area contributed by atoms with Crippen LogP contribution in [-0.2, 0) is 63.8 Å². The molecule has 4 fully saturated rings. The normalized spacial score (nSPS) is 19.4. The number of fused-ring (bicyclic) bond motifs is 4. The third-order valence-electron chi connectivity index (χ3n) is 26.2. The van der Waals surface area contributed by atoms with Crippen LogP contribution in [0.3, 0.4) is 0 Å². The summed E-state index contributed by atoms with van der Waals surface area (Å²) in [6.45, 7) is 18.3. The van der Waals surface area contributed by atoms with Crippen molar-refractivity contribution in [2.45, 2.75) is 256 Å². The molecule has 4 saturated carbocycles. The molecule has 4 N–H and O–H groups in total. The minimum Gasteiger partial charge on any atom is -0.466 e. The van der Waals surface area contributed by atoms with Crippen LogP contribution in [0.4, 0.5) is 0 Å². The molecule has 0 spiro atoms. The van der Waals surface area contributed by atoms with E-state index in [4.69, 9.17) is 18.9 Å². The quantitative estimate of drug-likeness (QED) is 0.0234. The Morgan fingerprint density at radius 2 is 0.468 bits per heavy atom. The fourth-order valence-electron chi connectivity index (χ4n) is 20.0. The highest BCUT2D eigenvalue weighted by atomic mass is 16.5. The first kappa shape index (κ1) is 91.1. The number of aryl methyl sites for hydroxylation is 4. The zero-order chi connectivity index (χ0) is 86.5. The summed E-state index contributed by atoms with van der Waals surface area (Å²) >= 11 is 0. The summed E-state index contributed by atoms with van der Waals surface area (Å²) in [5.41, 5.74) is 16.0. The van der Waals surface area contributed by atoms with Crippen molar-refractivity contribution in [2.75, 3.05) is 26.4 Å². The molecule has 12 aromatic carbocycles. The van der Waals surface area contributed by atoms with Gasteiger partial charge in [-0.1, -0.05) is 267 Å². The first-order valence-electron chi connectivity index (χ1n) is 46.5. The van der Waals surface area contributed by atoms with Crippen molar-refractivity contribution in [2.24, 2.45) is 0 Å². The highest BCUT2D eigenvalue weighted by Gasteiger charge is 2.32. The van der Waals surface area contributed by atoms with Crippen LogP contribution < -0.4 is 21.3 Å². The van der Waals surface area contributed by atoms with Gasteiger partial charge in [-0.25, -0.2) is 0 Å². The van der Waals surface area contributed by atoms with Crippen molar-refractivity contribution < 1.29 is 38.1 Å². The Balaban J connectivity index is 0.000000142. The van der Waals surface area contributed by atoms with Gasteiger partial charge in [-0.15, -0.1) is 0 Å². The summed E-state index contributed by atoms with van der Waals surface area (Å²) in [5, 5.41) is 26.2. The first-order chi connectivity index (χ1) is 60.5. The van der Waals surface area contributed by atoms with Gasteiger partial charge in [0.25, 0.3) is 0 Å². The Hall–Kier alpha value is -10.6. The van der Waals surface area contributed by atoms with E-state index < -0.39 is 0 Å². The van der Waals surface area contributed by atoms with E-state index in [-0.39, 0.29) is 23.9 Å². The average molecular weight is 1660 g/mol. The second-order valence-corrected chi connectivity index (χ2v) is 34.9. The lowest BCUT2D eigenvalue weighted by Crippen LogP contribution is -2.29. The number of carbonyl (C=O) groups is 4. The average Bonchev–Trinajstić information content (AvgIpc) is 1.10. The molecule has 0 aromatic heterocycles. The van der Waals surface area contributed by atoms with Gasteiger partial charge in [0, 0.05) is 74.0 Å². The van der Waals surface area contributed by atoms with Crippen LogP contribution in [0.15, 0.2) is 267 Å². The highest BCUT2D eigenvalue weighted by molar-refractivity contribution is 5.89. The second kappa shape index (κ2) is 46.4. The number of nitrogens with one attached hydrogen (secondary N) is 4. The number of esters is 4. The summed E-state index contributed by atoms with van der Waals surface area (Å²) in [6, 6.07) is 99.5. The molecule has 4 aliphatic carbocycles. The molecule has 4 aliphatic rings. The van der Waals surface area contributed by atoms with Crippen molar-refractivity contribution >= 4 is 67.0 Å². The molecule has 0 radical (unpaired) electrons. The summed E-state index contributed by atoms with van der Waals surface area (Å²) in [4.78, 5) is 46.7. The van der Waals surface area contributed by atoms with Crippen molar-refractivity contribution in [3.05, 3.63) is 334 Å². The predicted octanol–water partition coefficient (Wildman–Crippen LogP) is 25.3. The maximum atomic E-state index is 11.7. The molecule has 124 heavy (non-hydrogen) atoms. The van der Waals surface area contributed by atoms with Crippen molar-refractivity contribution in [3.8, 4) is 0 Å². The third-order valence-corrected chi connectivity index (χ3v) is 26.2. The SMILES string of the molecule is CCOC(=O)CCc1cccc([C@@H]2CC[C@@H](N[C@H](C)c3cccc4ccccc34)C2)c1.CCOC(=O)CCc1cccc([C@@H]2CC[C@H](N[C@H](C)c3cccc4ccccc34)C2)c1.CCOC(=O)CCc1cccc([C@H]2CC[C@@H](N[C@H](C)c3cccc4ccccc34)C2)c1.CCOC(=O)CCc1cccc([C@H]2CC[C@H](N[C@H](C)c3cccc4ccccc34)C2)c1. The van der Waals surface area contributed by atoms with Crippen molar-refractivity contribution in [1.82, 2.24) is 21.3 Å². The second-order valence-electron chi connectivity index (χ2n) is 34.9. The summed E-state index contributed by atoms with van der Waals surface area (Å²) in [5.74, 6) is 1.89. The fourth-order valence-corrected chi connectivity index (χ4v) is 20.0. The van der Waals surface area contributed by atoms with E-state index in [0.717, 1.165) is 51.4 Å². The maximum Gasteiger partial charge on any atom is 0.306 e. The third kappa shape index (κ3) is 25.8. The van der Waals surface area contributed by atoms with Gasteiger partial charge < -0.3 is 40.2 Å². The zero-order valence-electron chi connectivity index (χ0n) is 74.6. The van der Waals surface area contributed by atoms with Crippen LogP contribution >= 0.6 is 0 Å². The fraction of sp³-hybridized carbons (Fsp3) is 0.393.